The van der Waals surface area contributed by atoms with Gasteiger partial charge >= 0.3 is 5.97 Å². The Morgan fingerprint density at radius 3 is 2.45 bits per heavy atom. The third kappa shape index (κ3) is 3.71. The van der Waals surface area contributed by atoms with E-state index >= 15 is 0 Å². The molecule has 0 N–H and O–H groups in total. The predicted octanol–water partition coefficient (Wildman–Crippen LogP) is 2.22. The van der Waals surface area contributed by atoms with Crippen LogP contribution in [0.15, 0.2) is 35.5 Å². The summed E-state index contributed by atoms with van der Waals surface area (Å²) in [4.78, 5) is 39.6. The smallest absolute Gasteiger partial charge is 0.347 e. The van der Waals surface area contributed by atoms with E-state index < -0.39 is 12.1 Å². The number of allylic oxidation sites excluding steroid dienone is 2. The molecule has 0 radical (unpaired) electrons. The zero-order valence-electron chi connectivity index (χ0n) is 18.1. The van der Waals surface area contributed by atoms with E-state index in [1.54, 1.807) is 26.0 Å². The maximum atomic E-state index is 12.8. The molecule has 3 aliphatic rings. The summed E-state index contributed by atoms with van der Waals surface area (Å²) in [7, 11) is 3.79. The second-order valence-electron chi connectivity index (χ2n) is 8.36. The van der Waals surface area contributed by atoms with Gasteiger partial charge in [0, 0.05) is 31.4 Å². The number of hydrazone groups is 1. The molecule has 1 saturated heterocycles. The number of amides is 2. The first-order chi connectivity index (χ1) is 14.8. The lowest BCUT2D eigenvalue weighted by atomic mass is 9.85. The van der Waals surface area contributed by atoms with Gasteiger partial charge in [-0.15, -0.1) is 0 Å². The van der Waals surface area contributed by atoms with E-state index in [0.717, 1.165) is 17.1 Å². The van der Waals surface area contributed by atoms with Gasteiger partial charge in [-0.25, -0.2) is 4.79 Å². The van der Waals surface area contributed by atoms with E-state index in [1.807, 2.05) is 37.2 Å². The van der Waals surface area contributed by atoms with Gasteiger partial charge in [-0.3, -0.25) is 9.59 Å². The fourth-order valence-electron chi connectivity index (χ4n) is 4.63. The van der Waals surface area contributed by atoms with Crippen LogP contribution in [0.2, 0.25) is 0 Å². The minimum atomic E-state index is -0.819. The molecule has 0 spiro atoms. The number of carbonyl (C=O) groups is 3. The Morgan fingerprint density at radius 2 is 1.87 bits per heavy atom. The van der Waals surface area contributed by atoms with Crippen molar-refractivity contribution in [1.29, 1.82) is 0 Å². The summed E-state index contributed by atoms with van der Waals surface area (Å²) in [5.41, 5.74) is 1.43. The Kier molecular flexibility index (Phi) is 5.56. The highest BCUT2D eigenvalue weighted by atomic mass is 16.6. The lowest BCUT2D eigenvalue weighted by Crippen LogP contribution is -2.28. The van der Waals surface area contributed by atoms with E-state index in [1.165, 1.54) is 6.21 Å². The molecule has 5 atom stereocenters. The number of rotatable bonds is 7. The summed E-state index contributed by atoms with van der Waals surface area (Å²) in [5, 5.41) is 5.23. The fraction of sp³-hybridized carbons (Fsp3) is 0.478. The molecular weight excluding hydrogens is 398 g/mol. The Labute approximate surface area is 181 Å². The maximum absolute atomic E-state index is 12.8. The van der Waals surface area contributed by atoms with Crippen LogP contribution in [0.4, 0.5) is 5.69 Å². The van der Waals surface area contributed by atoms with Gasteiger partial charge in [0.05, 0.1) is 24.7 Å². The molecule has 1 heterocycles. The van der Waals surface area contributed by atoms with E-state index in [2.05, 4.69) is 5.10 Å². The van der Waals surface area contributed by atoms with Crippen LogP contribution in [-0.2, 0) is 19.1 Å². The summed E-state index contributed by atoms with van der Waals surface area (Å²) in [6, 6.07) is 5.43. The Morgan fingerprint density at radius 1 is 1.23 bits per heavy atom. The number of benzene rings is 1. The second-order valence-corrected chi connectivity index (χ2v) is 8.36. The third-order valence-corrected chi connectivity index (χ3v) is 6.20. The largest absolute Gasteiger partial charge is 0.478 e. The first-order valence-corrected chi connectivity index (χ1v) is 10.6. The Bertz CT molecular complexity index is 940. The number of esters is 1. The first-order valence-electron chi connectivity index (χ1n) is 10.6. The molecule has 8 heteroatoms. The lowest BCUT2D eigenvalue weighted by molar-refractivity contribution is -0.150. The van der Waals surface area contributed by atoms with Crippen molar-refractivity contribution in [3.63, 3.8) is 0 Å². The number of anilines is 1. The van der Waals surface area contributed by atoms with Gasteiger partial charge in [0.15, 0.2) is 6.10 Å². The minimum Gasteiger partial charge on any atom is -0.478 e. The molecule has 5 unspecified atom stereocenters. The summed E-state index contributed by atoms with van der Waals surface area (Å²) < 4.78 is 10.9. The van der Waals surface area contributed by atoms with Crippen LogP contribution in [0.1, 0.15) is 25.8 Å². The van der Waals surface area contributed by atoms with Crippen molar-refractivity contribution in [2.75, 3.05) is 25.6 Å². The van der Waals surface area contributed by atoms with Crippen molar-refractivity contribution >= 4 is 29.7 Å². The monoisotopic (exact) mass is 425 g/mol. The average molecular weight is 425 g/mol. The van der Waals surface area contributed by atoms with E-state index in [0.29, 0.717) is 11.3 Å². The van der Waals surface area contributed by atoms with Gasteiger partial charge in [-0.05, 0) is 44.2 Å². The van der Waals surface area contributed by atoms with Gasteiger partial charge in [-0.1, -0.05) is 12.2 Å². The molecule has 1 aromatic rings. The fourth-order valence-corrected chi connectivity index (χ4v) is 4.63. The molecule has 0 aromatic heterocycles. The first kappa shape index (κ1) is 21.1. The molecule has 2 aliphatic carbocycles. The van der Waals surface area contributed by atoms with E-state index in [9.17, 15) is 14.4 Å². The summed E-state index contributed by atoms with van der Waals surface area (Å²) in [5.74, 6) is -0.861. The van der Waals surface area contributed by atoms with Crippen molar-refractivity contribution in [2.45, 2.75) is 26.4 Å². The number of imide groups is 1. The normalized spacial score (nSPS) is 27.2. The van der Waals surface area contributed by atoms with Crippen molar-refractivity contribution in [1.82, 2.24) is 5.01 Å². The number of hydrogen-bond acceptors (Lipinski definition) is 7. The highest BCUT2D eigenvalue weighted by molar-refractivity contribution is 6.07. The average Bonchev–Trinajstić information content (AvgIpc) is 3.41. The van der Waals surface area contributed by atoms with Crippen molar-refractivity contribution in [2.24, 2.45) is 28.8 Å². The molecule has 2 bridgehead atoms. The highest BCUT2D eigenvalue weighted by Crippen LogP contribution is 2.52. The van der Waals surface area contributed by atoms with Gasteiger partial charge in [-0.2, -0.15) is 10.1 Å². The molecule has 31 heavy (non-hydrogen) atoms. The number of fused-ring (bicyclic) bond motifs is 5. The van der Waals surface area contributed by atoms with Gasteiger partial charge in [0.2, 0.25) is 0 Å². The summed E-state index contributed by atoms with van der Waals surface area (Å²) in [6.45, 7) is 3.60. The van der Waals surface area contributed by atoms with E-state index in [-0.39, 0.29) is 42.1 Å². The molecular formula is C23H27N3O5. The van der Waals surface area contributed by atoms with Crippen LogP contribution in [0.3, 0.4) is 0 Å². The Hall–Kier alpha value is -3.16. The SMILES string of the molecule is CCOC(=O)C(C)Oc1cc(N(C)C)ccc1C=NN1C(=O)C2C3C=CC(C3)C2C1=O. The number of carbonyl (C=O) groups excluding carboxylic acids is 3. The van der Waals surface area contributed by atoms with Crippen LogP contribution < -0.4 is 9.64 Å². The van der Waals surface area contributed by atoms with Crippen molar-refractivity contribution < 1.29 is 23.9 Å². The zero-order chi connectivity index (χ0) is 22.3. The number of nitrogens with zero attached hydrogens (tertiary/aromatic N) is 3. The number of ether oxygens (including phenoxy) is 2. The molecule has 164 valence electrons. The molecule has 1 saturated carbocycles. The van der Waals surface area contributed by atoms with Gasteiger partial charge in [0.25, 0.3) is 11.8 Å². The lowest BCUT2D eigenvalue weighted by Gasteiger charge is -2.19. The molecule has 4 rings (SSSR count). The number of hydrogen-bond donors (Lipinski definition) is 0. The molecule has 8 nitrogen and oxygen atoms in total. The Balaban J connectivity index is 1.57. The standard InChI is InChI=1S/C23H27N3O5/c1-5-30-23(29)13(2)31-18-11-17(25(3)4)9-8-16(18)12-24-26-21(27)19-14-6-7-15(10-14)20(19)22(26)28/h6-9,11-15,19-20H,5,10H2,1-4H3. The van der Waals surface area contributed by atoms with Crippen LogP contribution in [-0.4, -0.2) is 55.8 Å². The van der Waals surface area contributed by atoms with Gasteiger partial charge in [0.1, 0.15) is 5.75 Å². The summed E-state index contributed by atoms with van der Waals surface area (Å²) in [6.07, 6.45) is 5.60. The van der Waals surface area contributed by atoms with Crippen LogP contribution in [0.5, 0.6) is 5.75 Å². The third-order valence-electron chi connectivity index (χ3n) is 6.20. The topological polar surface area (TPSA) is 88.5 Å². The molecule has 1 aromatic carbocycles. The van der Waals surface area contributed by atoms with Gasteiger partial charge < -0.3 is 14.4 Å². The second kappa shape index (κ2) is 8.17. The summed E-state index contributed by atoms with van der Waals surface area (Å²) >= 11 is 0. The minimum absolute atomic E-state index is 0.135. The molecule has 2 fully saturated rings. The van der Waals surface area contributed by atoms with Crippen LogP contribution in [0, 0.1) is 23.7 Å². The molecule has 1 aliphatic heterocycles. The highest BCUT2D eigenvalue weighted by Gasteiger charge is 2.59. The molecule has 2 amide bonds. The van der Waals surface area contributed by atoms with Crippen LogP contribution >= 0.6 is 0 Å². The quantitative estimate of drug-likeness (QED) is 0.288. The predicted molar refractivity (Wildman–Crippen MR) is 115 cm³/mol. The maximum Gasteiger partial charge on any atom is 0.347 e. The van der Waals surface area contributed by atoms with Crippen molar-refractivity contribution in [3.05, 3.63) is 35.9 Å². The van der Waals surface area contributed by atoms with E-state index in [4.69, 9.17) is 9.47 Å². The van der Waals surface area contributed by atoms with Crippen LogP contribution in [0.25, 0.3) is 0 Å². The zero-order valence-corrected chi connectivity index (χ0v) is 18.1. The van der Waals surface area contributed by atoms with Crippen molar-refractivity contribution in [3.8, 4) is 5.75 Å².